The van der Waals surface area contributed by atoms with E-state index in [4.69, 9.17) is 10.2 Å². The Bertz CT molecular complexity index is 1350. The molecule has 146 valence electrons. The minimum atomic E-state index is -1.06. The molecule has 1 aromatic heterocycles. The van der Waals surface area contributed by atoms with Crippen molar-refractivity contribution in [1.82, 2.24) is 9.55 Å². The van der Waals surface area contributed by atoms with Crippen LogP contribution in [0.3, 0.4) is 0 Å². The number of carboxylic acids is 1. The summed E-state index contributed by atoms with van der Waals surface area (Å²) in [6.45, 7) is 0. The second-order valence-corrected chi connectivity index (χ2v) is 6.85. The van der Waals surface area contributed by atoms with Crippen LogP contribution in [-0.4, -0.2) is 20.6 Å². The Hall–Kier alpha value is -4.24. The van der Waals surface area contributed by atoms with Crippen molar-refractivity contribution >= 4 is 16.9 Å². The minimum Gasteiger partial charge on any atom is -0.478 e. The molecular weight excluding hydrogens is 378 g/mol. The number of fused-ring (bicyclic) bond motifs is 1. The Labute approximate surface area is 172 Å². The van der Waals surface area contributed by atoms with Gasteiger partial charge >= 0.3 is 5.97 Å². The summed E-state index contributed by atoms with van der Waals surface area (Å²) in [5.41, 5.74) is 2.53. The summed E-state index contributed by atoms with van der Waals surface area (Å²) < 4.78 is 1.48. The number of nitrogens with zero attached hydrogens (tertiary/aromatic N) is 3. The van der Waals surface area contributed by atoms with E-state index >= 15 is 0 Å². The topological polar surface area (TPSA) is 96.0 Å². The highest BCUT2D eigenvalue weighted by Gasteiger charge is 2.14. The van der Waals surface area contributed by atoms with Crippen molar-refractivity contribution in [3.8, 4) is 11.8 Å². The van der Waals surface area contributed by atoms with Gasteiger partial charge in [-0.2, -0.15) is 5.26 Å². The molecule has 0 radical (unpaired) electrons. The molecule has 0 saturated heterocycles. The number of nitriles is 1. The van der Waals surface area contributed by atoms with Crippen LogP contribution in [-0.2, 0) is 12.8 Å². The lowest BCUT2D eigenvalue weighted by Gasteiger charge is -2.14. The molecule has 1 heterocycles. The Morgan fingerprint density at radius 3 is 2.50 bits per heavy atom. The second-order valence-electron chi connectivity index (χ2n) is 6.85. The molecule has 6 heteroatoms. The number of benzene rings is 3. The van der Waals surface area contributed by atoms with E-state index in [0.29, 0.717) is 40.8 Å². The van der Waals surface area contributed by atoms with Crippen LogP contribution >= 0.6 is 0 Å². The zero-order valence-corrected chi connectivity index (χ0v) is 15.9. The molecule has 0 aliphatic carbocycles. The van der Waals surface area contributed by atoms with Crippen LogP contribution in [0.1, 0.15) is 27.3 Å². The van der Waals surface area contributed by atoms with Crippen LogP contribution in [0, 0.1) is 11.3 Å². The number of hydrogen-bond donors (Lipinski definition) is 1. The highest BCUT2D eigenvalue weighted by Crippen LogP contribution is 2.16. The van der Waals surface area contributed by atoms with Gasteiger partial charge in [0.1, 0.15) is 5.82 Å². The average Bonchev–Trinajstić information content (AvgIpc) is 2.78. The monoisotopic (exact) mass is 395 g/mol. The van der Waals surface area contributed by atoms with Gasteiger partial charge in [0.05, 0.1) is 33.8 Å². The molecule has 0 spiro atoms. The van der Waals surface area contributed by atoms with Gasteiger partial charge in [0.2, 0.25) is 0 Å². The van der Waals surface area contributed by atoms with Crippen molar-refractivity contribution in [1.29, 1.82) is 5.26 Å². The van der Waals surface area contributed by atoms with E-state index in [9.17, 15) is 14.7 Å². The maximum atomic E-state index is 13.3. The van der Waals surface area contributed by atoms with E-state index in [1.165, 1.54) is 16.7 Å². The fourth-order valence-corrected chi connectivity index (χ4v) is 3.39. The summed E-state index contributed by atoms with van der Waals surface area (Å²) in [7, 11) is 0. The minimum absolute atomic E-state index is 0.102. The number of hydrogen-bond acceptors (Lipinski definition) is 4. The molecule has 0 atom stereocenters. The van der Waals surface area contributed by atoms with Gasteiger partial charge in [-0.05, 0) is 54.4 Å². The Kier molecular flexibility index (Phi) is 5.10. The molecule has 4 aromatic rings. The quantitative estimate of drug-likeness (QED) is 0.555. The van der Waals surface area contributed by atoms with Gasteiger partial charge in [-0.1, -0.05) is 30.3 Å². The third-order valence-corrected chi connectivity index (χ3v) is 4.92. The molecule has 0 amide bonds. The lowest BCUT2D eigenvalue weighted by Crippen LogP contribution is -2.24. The van der Waals surface area contributed by atoms with Crippen LogP contribution in [0.15, 0.2) is 77.6 Å². The van der Waals surface area contributed by atoms with Crippen LogP contribution in [0.25, 0.3) is 16.6 Å². The highest BCUT2D eigenvalue weighted by atomic mass is 16.4. The number of rotatable bonds is 5. The molecule has 0 aliphatic heterocycles. The molecule has 4 rings (SSSR count). The smallest absolute Gasteiger partial charge is 0.335 e. The first kappa shape index (κ1) is 19.1. The molecule has 0 unspecified atom stereocenters. The van der Waals surface area contributed by atoms with Crippen molar-refractivity contribution in [2.45, 2.75) is 12.8 Å². The molecule has 3 aromatic carbocycles. The van der Waals surface area contributed by atoms with Crippen LogP contribution < -0.4 is 5.56 Å². The Morgan fingerprint density at radius 1 is 1.00 bits per heavy atom. The summed E-state index contributed by atoms with van der Waals surface area (Å²) in [6, 6.07) is 22.8. The third-order valence-electron chi connectivity index (χ3n) is 4.92. The number of aromatic carboxylic acids is 1. The van der Waals surface area contributed by atoms with Gasteiger partial charge in [0.15, 0.2) is 0 Å². The maximum absolute atomic E-state index is 13.3. The second kappa shape index (κ2) is 8.02. The lowest BCUT2D eigenvalue weighted by molar-refractivity contribution is 0.0697. The van der Waals surface area contributed by atoms with E-state index in [-0.39, 0.29) is 11.1 Å². The Morgan fingerprint density at radius 2 is 1.77 bits per heavy atom. The van der Waals surface area contributed by atoms with Gasteiger partial charge in [-0.25, -0.2) is 9.78 Å². The first-order valence-electron chi connectivity index (χ1n) is 9.40. The van der Waals surface area contributed by atoms with Crippen LogP contribution in [0.4, 0.5) is 0 Å². The SMILES string of the molecule is N#Cc1ccc(CCc2nc3ccccc3c(=O)n2-c2cccc(C(=O)O)c2)cc1. The van der Waals surface area contributed by atoms with Crippen molar-refractivity contribution in [2.24, 2.45) is 0 Å². The van der Waals surface area contributed by atoms with Crippen molar-refractivity contribution < 1.29 is 9.90 Å². The molecule has 0 aliphatic rings. The number of carboxylic acid groups (broad SMARTS) is 1. The number of aromatic nitrogens is 2. The van der Waals surface area contributed by atoms with Gasteiger partial charge < -0.3 is 5.11 Å². The largest absolute Gasteiger partial charge is 0.478 e. The fraction of sp³-hybridized carbons (Fsp3) is 0.0833. The zero-order valence-electron chi connectivity index (χ0n) is 15.9. The maximum Gasteiger partial charge on any atom is 0.335 e. The third kappa shape index (κ3) is 3.69. The van der Waals surface area contributed by atoms with Gasteiger partial charge in [0, 0.05) is 6.42 Å². The molecular formula is C24H17N3O3. The van der Waals surface area contributed by atoms with Gasteiger partial charge in [0.25, 0.3) is 5.56 Å². The summed E-state index contributed by atoms with van der Waals surface area (Å²) in [4.78, 5) is 29.4. The molecule has 0 saturated carbocycles. The average molecular weight is 395 g/mol. The van der Waals surface area contributed by atoms with E-state index < -0.39 is 5.97 Å². The summed E-state index contributed by atoms with van der Waals surface area (Å²) >= 11 is 0. The van der Waals surface area contributed by atoms with Crippen molar-refractivity contribution in [2.75, 3.05) is 0 Å². The van der Waals surface area contributed by atoms with Gasteiger partial charge in [-0.3, -0.25) is 9.36 Å². The van der Waals surface area contributed by atoms with Crippen LogP contribution in [0.2, 0.25) is 0 Å². The van der Waals surface area contributed by atoms with E-state index in [1.54, 1.807) is 42.5 Å². The Balaban J connectivity index is 1.82. The van der Waals surface area contributed by atoms with Gasteiger partial charge in [-0.15, -0.1) is 0 Å². The highest BCUT2D eigenvalue weighted by molar-refractivity contribution is 5.88. The molecule has 0 bridgehead atoms. The summed E-state index contributed by atoms with van der Waals surface area (Å²) in [6.07, 6.45) is 1.10. The van der Waals surface area contributed by atoms with Crippen LogP contribution in [0.5, 0.6) is 0 Å². The molecule has 1 N–H and O–H groups in total. The van der Waals surface area contributed by atoms with E-state index in [0.717, 1.165) is 5.56 Å². The first-order valence-corrected chi connectivity index (χ1v) is 9.40. The van der Waals surface area contributed by atoms with E-state index in [1.807, 2.05) is 18.2 Å². The predicted molar refractivity (Wildman–Crippen MR) is 113 cm³/mol. The molecule has 0 fully saturated rings. The molecule has 30 heavy (non-hydrogen) atoms. The number of carbonyl (C=O) groups is 1. The van der Waals surface area contributed by atoms with E-state index in [2.05, 4.69) is 6.07 Å². The lowest BCUT2D eigenvalue weighted by atomic mass is 10.1. The van der Waals surface area contributed by atoms with Crippen molar-refractivity contribution in [3.05, 3.63) is 106 Å². The number of aryl methyl sites for hydroxylation is 2. The normalized spacial score (nSPS) is 10.6. The zero-order chi connectivity index (χ0) is 21.1. The first-order chi connectivity index (χ1) is 14.6. The summed E-state index contributed by atoms with van der Waals surface area (Å²) in [5.74, 6) is -0.511. The number of para-hydroxylation sites is 1. The fourth-order valence-electron chi connectivity index (χ4n) is 3.39. The summed E-state index contributed by atoms with van der Waals surface area (Å²) in [5, 5.41) is 18.8. The standard InChI is InChI=1S/C24H17N3O3/c25-15-17-10-8-16(9-11-17)12-13-22-26-21-7-2-1-6-20(21)23(28)27(22)19-5-3-4-18(14-19)24(29)30/h1-11,14H,12-13H2,(H,29,30). The predicted octanol–water partition coefficient (Wildman–Crippen LogP) is 3.74. The molecule has 6 nitrogen and oxygen atoms in total. The van der Waals surface area contributed by atoms with Crippen molar-refractivity contribution in [3.63, 3.8) is 0 Å².